The summed E-state index contributed by atoms with van der Waals surface area (Å²) in [4.78, 5) is 27.0. The fraction of sp³-hybridized carbons (Fsp3) is 0.300. The third-order valence-corrected chi connectivity index (χ3v) is 7.09. The summed E-state index contributed by atoms with van der Waals surface area (Å²) in [5, 5.41) is 2.80. The van der Waals surface area contributed by atoms with E-state index in [-0.39, 0.29) is 28.9 Å². The maximum Gasteiger partial charge on any atom is 0.245 e. The van der Waals surface area contributed by atoms with E-state index in [2.05, 4.69) is 5.32 Å². The Bertz CT molecular complexity index is 1010. The molecule has 0 radical (unpaired) electrons. The lowest BCUT2D eigenvalue weighted by molar-refractivity contribution is -0.125. The molecule has 0 bridgehead atoms. The van der Waals surface area contributed by atoms with Gasteiger partial charge in [0, 0.05) is 13.1 Å². The Hall–Kier alpha value is -2.71. The van der Waals surface area contributed by atoms with Crippen LogP contribution in [0.5, 0.6) is 0 Å². The van der Waals surface area contributed by atoms with Crippen molar-refractivity contribution in [2.45, 2.75) is 30.3 Å². The number of para-hydroxylation sites is 1. The van der Waals surface area contributed by atoms with Gasteiger partial charge >= 0.3 is 0 Å². The maximum absolute atomic E-state index is 13.1. The van der Waals surface area contributed by atoms with Gasteiger partial charge in [-0.3, -0.25) is 9.59 Å². The van der Waals surface area contributed by atoms with Gasteiger partial charge in [-0.2, -0.15) is 4.31 Å². The van der Waals surface area contributed by atoms with Crippen molar-refractivity contribution in [2.75, 3.05) is 18.0 Å². The number of hydrogen-bond acceptors (Lipinski definition) is 4. The highest BCUT2D eigenvalue weighted by Gasteiger charge is 2.46. The number of sulfonamides is 1. The van der Waals surface area contributed by atoms with Crippen molar-refractivity contribution in [3.63, 3.8) is 0 Å². The molecule has 0 aliphatic carbocycles. The van der Waals surface area contributed by atoms with Crippen LogP contribution in [0.15, 0.2) is 59.5 Å². The van der Waals surface area contributed by atoms with Crippen molar-refractivity contribution >= 4 is 27.5 Å². The van der Waals surface area contributed by atoms with Gasteiger partial charge in [0.05, 0.1) is 5.69 Å². The van der Waals surface area contributed by atoms with Crippen molar-refractivity contribution in [3.05, 3.63) is 60.2 Å². The van der Waals surface area contributed by atoms with Crippen molar-refractivity contribution in [1.29, 1.82) is 0 Å². The van der Waals surface area contributed by atoms with Crippen LogP contribution in [0, 0.1) is 0 Å². The molecule has 2 heterocycles. The summed E-state index contributed by atoms with van der Waals surface area (Å²) in [7, 11) is -3.77. The Morgan fingerprint density at radius 2 is 1.79 bits per heavy atom. The Morgan fingerprint density at radius 3 is 2.57 bits per heavy atom. The van der Waals surface area contributed by atoms with Crippen LogP contribution < -0.4 is 10.2 Å². The van der Waals surface area contributed by atoms with Crippen LogP contribution in [0.2, 0.25) is 0 Å². The molecule has 4 rings (SSSR count). The summed E-state index contributed by atoms with van der Waals surface area (Å²) in [6, 6.07) is 15.1. The molecule has 1 N–H and O–H groups in total. The Labute approximate surface area is 164 Å². The molecule has 8 heteroatoms. The molecular formula is C20H21N3O4S. The maximum atomic E-state index is 13.1. The molecule has 146 valence electrons. The molecule has 0 unspecified atom stereocenters. The lowest BCUT2D eigenvalue weighted by Gasteiger charge is -2.24. The minimum atomic E-state index is -3.77. The summed E-state index contributed by atoms with van der Waals surface area (Å²) in [6.07, 6.45) is 1.10. The zero-order valence-electron chi connectivity index (χ0n) is 15.2. The van der Waals surface area contributed by atoms with E-state index in [0.717, 1.165) is 5.56 Å². The molecule has 1 saturated heterocycles. The van der Waals surface area contributed by atoms with Crippen LogP contribution in [-0.4, -0.2) is 43.7 Å². The van der Waals surface area contributed by atoms with E-state index in [1.807, 2.05) is 30.3 Å². The summed E-state index contributed by atoms with van der Waals surface area (Å²) < 4.78 is 27.4. The number of anilines is 1. The second-order valence-electron chi connectivity index (χ2n) is 6.93. The van der Waals surface area contributed by atoms with Crippen LogP contribution in [0.4, 0.5) is 5.69 Å². The number of nitrogens with one attached hydrogen (secondary N) is 1. The normalized spacial score (nSPS) is 20.9. The van der Waals surface area contributed by atoms with Gasteiger partial charge in [-0.05, 0) is 30.5 Å². The Balaban J connectivity index is 1.61. The van der Waals surface area contributed by atoms with Crippen molar-refractivity contribution in [2.24, 2.45) is 0 Å². The van der Waals surface area contributed by atoms with E-state index in [1.54, 1.807) is 18.2 Å². The van der Waals surface area contributed by atoms with E-state index in [1.165, 1.54) is 15.3 Å². The zero-order chi connectivity index (χ0) is 19.7. The largest absolute Gasteiger partial charge is 0.350 e. The van der Waals surface area contributed by atoms with Gasteiger partial charge in [-0.15, -0.1) is 0 Å². The molecule has 0 spiro atoms. The van der Waals surface area contributed by atoms with Crippen molar-refractivity contribution in [1.82, 2.24) is 9.62 Å². The minimum absolute atomic E-state index is 0.0728. The van der Waals surface area contributed by atoms with Gasteiger partial charge < -0.3 is 10.2 Å². The molecular weight excluding hydrogens is 378 g/mol. The highest BCUT2D eigenvalue weighted by Crippen LogP contribution is 2.36. The van der Waals surface area contributed by atoms with Gasteiger partial charge in [-0.25, -0.2) is 8.42 Å². The van der Waals surface area contributed by atoms with E-state index in [0.29, 0.717) is 25.9 Å². The molecule has 1 atom stereocenters. The third-order valence-electron chi connectivity index (χ3n) is 5.13. The molecule has 2 aromatic rings. The molecule has 2 aromatic carbocycles. The standard InChI is InChI=1S/C20H21N3O4S/c24-19(21-13-15-7-2-1-3-8-15)14-22-16-9-4-5-11-18(16)28(26,27)23-12-6-10-17(23)20(22)25/h1-5,7-9,11,17H,6,10,12-14H2,(H,21,24)/t17-/m0/s1. The van der Waals surface area contributed by atoms with E-state index in [4.69, 9.17) is 0 Å². The smallest absolute Gasteiger partial charge is 0.245 e. The van der Waals surface area contributed by atoms with Crippen LogP contribution in [0.3, 0.4) is 0 Å². The number of carbonyl (C=O) groups is 2. The number of rotatable bonds is 4. The van der Waals surface area contributed by atoms with Gasteiger partial charge in [0.1, 0.15) is 17.5 Å². The fourth-order valence-electron chi connectivity index (χ4n) is 3.76. The molecule has 2 amide bonds. The van der Waals surface area contributed by atoms with Crippen molar-refractivity contribution in [3.8, 4) is 0 Å². The number of benzene rings is 2. The first-order chi connectivity index (χ1) is 13.5. The van der Waals surface area contributed by atoms with Crippen LogP contribution in [0.25, 0.3) is 0 Å². The van der Waals surface area contributed by atoms with Crippen molar-refractivity contribution < 1.29 is 18.0 Å². The number of fused-ring (bicyclic) bond motifs is 2. The summed E-state index contributed by atoms with van der Waals surface area (Å²) in [5.41, 5.74) is 1.21. The lowest BCUT2D eigenvalue weighted by Crippen LogP contribution is -2.48. The predicted molar refractivity (Wildman–Crippen MR) is 104 cm³/mol. The molecule has 28 heavy (non-hydrogen) atoms. The molecule has 2 aliphatic rings. The first-order valence-corrected chi connectivity index (χ1v) is 10.7. The van der Waals surface area contributed by atoms with Gasteiger partial charge in [0.25, 0.3) is 0 Å². The first-order valence-electron chi connectivity index (χ1n) is 9.21. The molecule has 7 nitrogen and oxygen atoms in total. The predicted octanol–water partition coefficient (Wildman–Crippen LogP) is 1.50. The topological polar surface area (TPSA) is 86.8 Å². The molecule has 0 saturated carbocycles. The lowest BCUT2D eigenvalue weighted by atomic mass is 10.1. The number of carbonyl (C=O) groups excluding carboxylic acids is 2. The highest BCUT2D eigenvalue weighted by molar-refractivity contribution is 7.89. The number of hydrogen-bond donors (Lipinski definition) is 1. The first kappa shape index (κ1) is 18.6. The minimum Gasteiger partial charge on any atom is -0.350 e. The third kappa shape index (κ3) is 3.29. The van der Waals surface area contributed by atoms with Gasteiger partial charge in [0.2, 0.25) is 21.8 Å². The molecule has 0 aromatic heterocycles. The monoisotopic (exact) mass is 399 g/mol. The quantitative estimate of drug-likeness (QED) is 0.844. The number of amides is 2. The highest BCUT2D eigenvalue weighted by atomic mass is 32.2. The summed E-state index contributed by atoms with van der Waals surface area (Å²) in [5.74, 6) is -0.684. The average Bonchev–Trinajstić information content (AvgIpc) is 3.19. The molecule has 1 fully saturated rings. The van der Waals surface area contributed by atoms with E-state index < -0.39 is 16.1 Å². The van der Waals surface area contributed by atoms with E-state index in [9.17, 15) is 18.0 Å². The average molecular weight is 399 g/mol. The summed E-state index contributed by atoms with van der Waals surface area (Å²) >= 11 is 0. The Kier molecular flexibility index (Phi) is 4.91. The number of nitrogens with zero attached hydrogens (tertiary/aromatic N) is 2. The Morgan fingerprint density at radius 1 is 1.07 bits per heavy atom. The fourth-order valence-corrected chi connectivity index (χ4v) is 5.60. The zero-order valence-corrected chi connectivity index (χ0v) is 16.1. The second kappa shape index (κ2) is 7.37. The van der Waals surface area contributed by atoms with Crippen LogP contribution in [-0.2, 0) is 26.2 Å². The SMILES string of the molecule is O=C(CN1C(=O)[C@@H]2CCCN2S(=O)(=O)c2ccccc21)NCc1ccccc1. The second-order valence-corrected chi connectivity index (χ2v) is 8.79. The van der Waals surface area contributed by atoms with Crippen LogP contribution >= 0.6 is 0 Å². The summed E-state index contributed by atoms with van der Waals surface area (Å²) in [6.45, 7) is 0.445. The molecule has 2 aliphatic heterocycles. The van der Waals surface area contributed by atoms with E-state index >= 15 is 0 Å². The van der Waals surface area contributed by atoms with Crippen LogP contribution in [0.1, 0.15) is 18.4 Å². The van der Waals surface area contributed by atoms with Gasteiger partial charge in [-0.1, -0.05) is 42.5 Å². The van der Waals surface area contributed by atoms with Gasteiger partial charge in [0.15, 0.2) is 0 Å².